The highest BCUT2D eigenvalue weighted by Gasteiger charge is 2.15. The quantitative estimate of drug-likeness (QED) is 0.817. The van der Waals surface area contributed by atoms with E-state index in [1.807, 2.05) is 32.0 Å². The van der Waals surface area contributed by atoms with Gasteiger partial charge in [0, 0.05) is 6.04 Å². The fraction of sp³-hybridized carbons (Fsp3) is 0.588. The summed E-state index contributed by atoms with van der Waals surface area (Å²) in [4.78, 5) is 11.8. The Morgan fingerprint density at radius 2 is 1.86 bits per heavy atom. The molecule has 0 atom stereocenters. The molecule has 1 aromatic rings. The van der Waals surface area contributed by atoms with Crippen molar-refractivity contribution in [3.05, 3.63) is 29.3 Å². The van der Waals surface area contributed by atoms with Crippen molar-refractivity contribution < 1.29 is 9.53 Å². The second kappa shape index (κ2) is 7.91. The van der Waals surface area contributed by atoms with Gasteiger partial charge in [0.15, 0.2) is 0 Å². The number of aryl methyl sites for hydroxylation is 2. The summed E-state index contributed by atoms with van der Waals surface area (Å²) in [5.74, 6) is 0.923. The number of urea groups is 1. The number of ether oxygens (including phenoxy) is 1. The molecule has 116 valence electrons. The van der Waals surface area contributed by atoms with Crippen LogP contribution in [-0.2, 0) is 0 Å². The molecule has 0 bridgehead atoms. The van der Waals surface area contributed by atoms with E-state index in [-0.39, 0.29) is 6.03 Å². The van der Waals surface area contributed by atoms with E-state index in [0.717, 1.165) is 29.7 Å². The molecular weight excluding hydrogens is 264 g/mol. The molecule has 0 unspecified atom stereocenters. The summed E-state index contributed by atoms with van der Waals surface area (Å²) in [6, 6.07) is 6.36. The van der Waals surface area contributed by atoms with Crippen molar-refractivity contribution >= 4 is 6.03 Å². The van der Waals surface area contributed by atoms with Gasteiger partial charge >= 0.3 is 6.03 Å². The summed E-state index contributed by atoms with van der Waals surface area (Å²) in [6.45, 7) is 5.08. The number of amides is 2. The minimum absolute atomic E-state index is 0.0768. The molecule has 21 heavy (non-hydrogen) atoms. The van der Waals surface area contributed by atoms with Crippen LogP contribution in [-0.4, -0.2) is 25.2 Å². The smallest absolute Gasteiger partial charge is 0.315 e. The fourth-order valence-electron chi connectivity index (χ4n) is 2.83. The molecular formula is C17H26N2O2. The third-order valence-electron chi connectivity index (χ3n) is 3.98. The molecule has 2 amide bonds. The Labute approximate surface area is 127 Å². The summed E-state index contributed by atoms with van der Waals surface area (Å²) in [7, 11) is 0. The van der Waals surface area contributed by atoms with Crippen LogP contribution in [0.3, 0.4) is 0 Å². The normalized spacial score (nSPS) is 15.5. The van der Waals surface area contributed by atoms with Crippen molar-refractivity contribution in [3.63, 3.8) is 0 Å². The Bertz CT molecular complexity index is 448. The van der Waals surface area contributed by atoms with Crippen LogP contribution in [0.15, 0.2) is 18.2 Å². The van der Waals surface area contributed by atoms with Gasteiger partial charge in [-0.3, -0.25) is 0 Å². The van der Waals surface area contributed by atoms with Crippen LogP contribution in [0.1, 0.15) is 43.2 Å². The van der Waals surface area contributed by atoms with Crippen LogP contribution in [0.5, 0.6) is 5.75 Å². The Balaban J connectivity index is 1.66. The van der Waals surface area contributed by atoms with Gasteiger partial charge in [-0.15, -0.1) is 0 Å². The van der Waals surface area contributed by atoms with Crippen LogP contribution in [0, 0.1) is 13.8 Å². The molecule has 1 aliphatic rings. The van der Waals surface area contributed by atoms with E-state index in [1.165, 1.54) is 19.3 Å². The van der Waals surface area contributed by atoms with Crippen LogP contribution in [0.2, 0.25) is 0 Å². The van der Waals surface area contributed by atoms with E-state index in [1.54, 1.807) is 0 Å². The molecule has 2 rings (SSSR count). The standard InChI is InChI=1S/C17H26N2O2/c1-13-7-6-8-14(2)16(13)21-12-11-18-17(20)19-15-9-4-3-5-10-15/h6-8,15H,3-5,9-12H2,1-2H3,(H2,18,19,20). The highest BCUT2D eigenvalue weighted by molar-refractivity contribution is 5.74. The molecule has 0 saturated heterocycles. The predicted molar refractivity (Wildman–Crippen MR) is 84.8 cm³/mol. The number of hydrogen-bond donors (Lipinski definition) is 2. The maximum atomic E-state index is 11.8. The molecule has 1 aliphatic carbocycles. The lowest BCUT2D eigenvalue weighted by Gasteiger charge is -2.22. The molecule has 0 radical (unpaired) electrons. The molecule has 0 aliphatic heterocycles. The average molecular weight is 290 g/mol. The van der Waals surface area contributed by atoms with Crippen molar-refractivity contribution in [2.45, 2.75) is 52.0 Å². The van der Waals surface area contributed by atoms with Crippen molar-refractivity contribution in [2.75, 3.05) is 13.2 Å². The van der Waals surface area contributed by atoms with Crippen LogP contribution in [0.25, 0.3) is 0 Å². The predicted octanol–water partition coefficient (Wildman–Crippen LogP) is 3.31. The molecule has 0 aromatic heterocycles. The first-order chi connectivity index (χ1) is 10.2. The van der Waals surface area contributed by atoms with Crippen molar-refractivity contribution in [1.29, 1.82) is 0 Å². The van der Waals surface area contributed by atoms with E-state index in [2.05, 4.69) is 10.6 Å². The first-order valence-electron chi connectivity index (χ1n) is 7.90. The molecule has 4 heteroatoms. The summed E-state index contributed by atoms with van der Waals surface area (Å²) in [6.07, 6.45) is 5.95. The number of para-hydroxylation sites is 1. The Kier molecular flexibility index (Phi) is 5.90. The van der Waals surface area contributed by atoms with E-state index in [9.17, 15) is 4.79 Å². The maximum absolute atomic E-state index is 11.8. The van der Waals surface area contributed by atoms with Crippen LogP contribution >= 0.6 is 0 Å². The molecule has 1 aromatic carbocycles. The lowest BCUT2D eigenvalue weighted by Crippen LogP contribution is -2.44. The van der Waals surface area contributed by atoms with Gasteiger partial charge in [0.25, 0.3) is 0 Å². The largest absolute Gasteiger partial charge is 0.491 e. The van der Waals surface area contributed by atoms with Gasteiger partial charge in [0.1, 0.15) is 12.4 Å². The number of nitrogens with one attached hydrogen (secondary N) is 2. The number of carbonyl (C=O) groups excluding carboxylic acids is 1. The zero-order valence-corrected chi connectivity index (χ0v) is 13.1. The number of benzene rings is 1. The van der Waals surface area contributed by atoms with Crippen molar-refractivity contribution in [1.82, 2.24) is 10.6 Å². The minimum Gasteiger partial charge on any atom is -0.491 e. The monoisotopic (exact) mass is 290 g/mol. The second-order valence-electron chi connectivity index (χ2n) is 5.80. The third-order valence-corrected chi connectivity index (χ3v) is 3.98. The number of rotatable bonds is 5. The number of hydrogen-bond acceptors (Lipinski definition) is 2. The summed E-state index contributed by atoms with van der Waals surface area (Å²) >= 11 is 0. The van der Waals surface area contributed by atoms with Gasteiger partial charge in [-0.1, -0.05) is 37.5 Å². The van der Waals surface area contributed by atoms with Gasteiger partial charge in [-0.25, -0.2) is 4.79 Å². The fourth-order valence-corrected chi connectivity index (χ4v) is 2.83. The Morgan fingerprint density at radius 1 is 1.19 bits per heavy atom. The average Bonchev–Trinajstić information content (AvgIpc) is 2.47. The maximum Gasteiger partial charge on any atom is 0.315 e. The van der Waals surface area contributed by atoms with E-state index in [0.29, 0.717) is 19.2 Å². The molecule has 4 nitrogen and oxygen atoms in total. The zero-order valence-electron chi connectivity index (χ0n) is 13.1. The van der Waals surface area contributed by atoms with Crippen LogP contribution in [0.4, 0.5) is 4.79 Å². The third kappa shape index (κ3) is 4.96. The summed E-state index contributed by atoms with van der Waals surface area (Å²) < 4.78 is 5.77. The molecule has 1 saturated carbocycles. The molecule has 0 spiro atoms. The topological polar surface area (TPSA) is 50.4 Å². The highest BCUT2D eigenvalue weighted by Crippen LogP contribution is 2.21. The Morgan fingerprint density at radius 3 is 2.52 bits per heavy atom. The first kappa shape index (κ1) is 15.7. The van der Waals surface area contributed by atoms with Gasteiger partial charge in [-0.2, -0.15) is 0 Å². The van der Waals surface area contributed by atoms with Gasteiger partial charge in [0.05, 0.1) is 6.54 Å². The first-order valence-corrected chi connectivity index (χ1v) is 7.90. The van der Waals surface area contributed by atoms with Gasteiger partial charge in [0.2, 0.25) is 0 Å². The van der Waals surface area contributed by atoms with E-state index >= 15 is 0 Å². The molecule has 0 heterocycles. The molecule has 2 N–H and O–H groups in total. The summed E-state index contributed by atoms with van der Waals surface area (Å²) in [5, 5.41) is 5.90. The number of carbonyl (C=O) groups is 1. The van der Waals surface area contributed by atoms with E-state index < -0.39 is 0 Å². The minimum atomic E-state index is -0.0768. The zero-order chi connectivity index (χ0) is 15.1. The van der Waals surface area contributed by atoms with Crippen molar-refractivity contribution in [3.8, 4) is 5.75 Å². The van der Waals surface area contributed by atoms with Gasteiger partial charge in [-0.05, 0) is 37.8 Å². The Hall–Kier alpha value is -1.71. The SMILES string of the molecule is Cc1cccc(C)c1OCCNC(=O)NC1CCCCC1. The van der Waals surface area contributed by atoms with E-state index in [4.69, 9.17) is 4.74 Å². The van der Waals surface area contributed by atoms with Crippen molar-refractivity contribution in [2.24, 2.45) is 0 Å². The van der Waals surface area contributed by atoms with Gasteiger partial charge < -0.3 is 15.4 Å². The second-order valence-corrected chi connectivity index (χ2v) is 5.80. The lowest BCUT2D eigenvalue weighted by molar-refractivity contribution is 0.228. The highest BCUT2D eigenvalue weighted by atomic mass is 16.5. The lowest BCUT2D eigenvalue weighted by atomic mass is 9.96. The molecule has 1 fully saturated rings. The summed E-state index contributed by atoms with van der Waals surface area (Å²) in [5.41, 5.74) is 2.25. The van der Waals surface area contributed by atoms with Crippen LogP contribution < -0.4 is 15.4 Å².